The monoisotopic (exact) mass is 304 g/mol. The Kier molecular flexibility index (Phi) is 5.05. The number of carbonyl (C=O) groups excluding carboxylic acids is 1. The number of carboxylic acid groups (broad SMARTS) is 1. The summed E-state index contributed by atoms with van der Waals surface area (Å²) >= 11 is 1.24. The Hall–Kier alpha value is -2.21. The summed E-state index contributed by atoms with van der Waals surface area (Å²) in [5.41, 5.74) is 1.41. The normalized spacial score (nSPS) is 11.9. The van der Waals surface area contributed by atoms with Crippen molar-refractivity contribution < 1.29 is 14.7 Å². The predicted molar refractivity (Wildman–Crippen MR) is 81.6 cm³/mol. The summed E-state index contributed by atoms with van der Waals surface area (Å²) in [6.45, 7) is 1.95. The minimum absolute atomic E-state index is 0.125. The number of aliphatic carboxylic acids is 1. The summed E-state index contributed by atoms with van der Waals surface area (Å²) in [5.74, 6) is -1.30. The molecule has 1 aromatic heterocycles. The molecule has 0 fully saturated rings. The average Bonchev–Trinajstić information content (AvgIpc) is 2.87. The van der Waals surface area contributed by atoms with Gasteiger partial charge in [0.05, 0.1) is 18.0 Å². The lowest BCUT2D eigenvalue weighted by molar-refractivity contribution is -0.136. The first-order valence-electron chi connectivity index (χ1n) is 6.62. The molecule has 1 unspecified atom stereocenters. The van der Waals surface area contributed by atoms with E-state index < -0.39 is 5.97 Å². The van der Waals surface area contributed by atoms with Gasteiger partial charge in [-0.2, -0.15) is 0 Å². The second-order valence-corrected chi connectivity index (χ2v) is 5.43. The van der Waals surface area contributed by atoms with Crippen molar-refractivity contribution in [3.63, 3.8) is 0 Å². The fourth-order valence-corrected chi connectivity index (χ4v) is 2.76. The number of carbonyl (C=O) groups is 2. The van der Waals surface area contributed by atoms with Gasteiger partial charge in [-0.25, -0.2) is 4.98 Å². The van der Waals surface area contributed by atoms with Crippen LogP contribution in [0.25, 0.3) is 0 Å². The molecular weight excluding hydrogens is 288 g/mol. The van der Waals surface area contributed by atoms with E-state index in [0.717, 1.165) is 5.56 Å². The van der Waals surface area contributed by atoms with E-state index in [2.05, 4.69) is 10.3 Å². The van der Waals surface area contributed by atoms with E-state index in [-0.39, 0.29) is 18.2 Å². The molecular formula is C15H16N2O3S. The van der Waals surface area contributed by atoms with E-state index in [0.29, 0.717) is 17.2 Å². The molecule has 2 aromatic rings. The summed E-state index contributed by atoms with van der Waals surface area (Å²) in [7, 11) is 0. The van der Waals surface area contributed by atoms with Gasteiger partial charge in [-0.3, -0.25) is 9.59 Å². The third-order valence-electron chi connectivity index (χ3n) is 3.04. The van der Waals surface area contributed by atoms with Crippen molar-refractivity contribution in [3.8, 4) is 0 Å². The van der Waals surface area contributed by atoms with Crippen molar-refractivity contribution in [2.75, 3.05) is 5.32 Å². The molecule has 5 nitrogen and oxygen atoms in total. The molecule has 0 saturated carbocycles. The number of nitrogens with zero attached hydrogens (tertiary/aromatic N) is 1. The minimum atomic E-state index is -0.936. The summed E-state index contributed by atoms with van der Waals surface area (Å²) in [6, 6.07) is 9.56. The third-order valence-corrected chi connectivity index (χ3v) is 3.85. The van der Waals surface area contributed by atoms with Gasteiger partial charge in [0.2, 0.25) is 5.91 Å². The Morgan fingerprint density at radius 2 is 2.05 bits per heavy atom. The standard InChI is InChI=1S/C15H16N2O3S/c1-2-12(10-6-4-3-5-7-10)14(20)17-15-16-11(9-21-15)8-13(18)19/h3-7,9,12H,2,8H2,1H3,(H,18,19)(H,16,17,20). The van der Waals surface area contributed by atoms with Crippen LogP contribution in [-0.4, -0.2) is 22.0 Å². The number of hydrogen-bond acceptors (Lipinski definition) is 4. The van der Waals surface area contributed by atoms with E-state index in [4.69, 9.17) is 5.11 Å². The molecule has 1 heterocycles. The molecule has 21 heavy (non-hydrogen) atoms. The Morgan fingerprint density at radius 1 is 1.33 bits per heavy atom. The number of rotatable bonds is 6. The van der Waals surface area contributed by atoms with Gasteiger partial charge in [-0.15, -0.1) is 11.3 Å². The largest absolute Gasteiger partial charge is 0.481 e. The van der Waals surface area contributed by atoms with Crippen molar-refractivity contribution in [2.45, 2.75) is 25.7 Å². The van der Waals surface area contributed by atoms with Gasteiger partial charge in [0.1, 0.15) is 0 Å². The molecule has 0 aliphatic carbocycles. The average molecular weight is 304 g/mol. The molecule has 0 radical (unpaired) electrons. The minimum Gasteiger partial charge on any atom is -0.481 e. The van der Waals surface area contributed by atoms with E-state index in [1.54, 1.807) is 5.38 Å². The van der Waals surface area contributed by atoms with Crippen LogP contribution in [0, 0.1) is 0 Å². The Balaban J connectivity index is 2.06. The molecule has 110 valence electrons. The zero-order valence-electron chi connectivity index (χ0n) is 11.6. The molecule has 6 heteroatoms. The van der Waals surface area contributed by atoms with E-state index in [1.807, 2.05) is 37.3 Å². The Morgan fingerprint density at radius 3 is 2.67 bits per heavy atom. The number of benzene rings is 1. The first-order valence-corrected chi connectivity index (χ1v) is 7.50. The van der Waals surface area contributed by atoms with Gasteiger partial charge in [-0.05, 0) is 12.0 Å². The first kappa shape index (κ1) is 15.2. The van der Waals surface area contributed by atoms with Crippen LogP contribution in [0.1, 0.15) is 30.5 Å². The van der Waals surface area contributed by atoms with E-state index >= 15 is 0 Å². The van der Waals surface area contributed by atoms with Crippen molar-refractivity contribution in [2.24, 2.45) is 0 Å². The molecule has 1 amide bonds. The predicted octanol–water partition coefficient (Wildman–Crippen LogP) is 2.90. The van der Waals surface area contributed by atoms with Crippen molar-refractivity contribution in [1.29, 1.82) is 0 Å². The summed E-state index contributed by atoms with van der Waals surface area (Å²) in [6.07, 6.45) is 0.547. The topological polar surface area (TPSA) is 79.3 Å². The molecule has 1 atom stereocenters. The molecule has 0 spiro atoms. The lowest BCUT2D eigenvalue weighted by atomic mass is 9.96. The van der Waals surface area contributed by atoms with Crippen LogP contribution in [-0.2, 0) is 16.0 Å². The van der Waals surface area contributed by atoms with E-state index in [9.17, 15) is 9.59 Å². The van der Waals surface area contributed by atoms with E-state index in [1.165, 1.54) is 11.3 Å². The molecule has 0 bridgehead atoms. The summed E-state index contributed by atoms with van der Waals surface area (Å²) < 4.78 is 0. The highest BCUT2D eigenvalue weighted by atomic mass is 32.1. The number of thiazole rings is 1. The van der Waals surface area contributed by atoms with Crippen LogP contribution in [0.2, 0.25) is 0 Å². The molecule has 2 N–H and O–H groups in total. The Bertz CT molecular complexity index is 625. The highest BCUT2D eigenvalue weighted by molar-refractivity contribution is 7.13. The number of nitrogens with one attached hydrogen (secondary N) is 1. The van der Waals surface area contributed by atoms with Gasteiger partial charge >= 0.3 is 5.97 Å². The maximum absolute atomic E-state index is 12.3. The van der Waals surface area contributed by atoms with Crippen LogP contribution >= 0.6 is 11.3 Å². The van der Waals surface area contributed by atoms with Crippen LogP contribution < -0.4 is 5.32 Å². The fourth-order valence-electron chi connectivity index (χ4n) is 2.05. The SMILES string of the molecule is CCC(C(=O)Nc1nc(CC(=O)O)cs1)c1ccccc1. The maximum atomic E-state index is 12.3. The van der Waals surface area contributed by atoms with Crippen LogP contribution in [0.3, 0.4) is 0 Å². The van der Waals surface area contributed by atoms with Crippen molar-refractivity contribution >= 4 is 28.3 Å². The number of amides is 1. The van der Waals surface area contributed by atoms with Gasteiger partial charge in [0.25, 0.3) is 0 Å². The first-order chi connectivity index (χ1) is 10.1. The smallest absolute Gasteiger partial charge is 0.309 e. The second-order valence-electron chi connectivity index (χ2n) is 4.58. The highest BCUT2D eigenvalue weighted by Crippen LogP contribution is 2.23. The molecule has 0 aliphatic heterocycles. The van der Waals surface area contributed by atoms with Gasteiger partial charge in [-0.1, -0.05) is 37.3 Å². The number of hydrogen-bond donors (Lipinski definition) is 2. The van der Waals surface area contributed by atoms with Crippen LogP contribution in [0.15, 0.2) is 35.7 Å². The zero-order valence-corrected chi connectivity index (χ0v) is 12.4. The fraction of sp³-hybridized carbons (Fsp3) is 0.267. The lowest BCUT2D eigenvalue weighted by Crippen LogP contribution is -2.20. The van der Waals surface area contributed by atoms with Gasteiger partial charge in [0.15, 0.2) is 5.13 Å². The van der Waals surface area contributed by atoms with Crippen molar-refractivity contribution in [3.05, 3.63) is 47.0 Å². The molecule has 0 saturated heterocycles. The van der Waals surface area contributed by atoms with Crippen LogP contribution in [0.5, 0.6) is 0 Å². The Labute approximate surface area is 126 Å². The van der Waals surface area contributed by atoms with Crippen molar-refractivity contribution in [1.82, 2.24) is 4.98 Å². The third kappa shape index (κ3) is 4.13. The van der Waals surface area contributed by atoms with Gasteiger partial charge < -0.3 is 10.4 Å². The number of anilines is 1. The maximum Gasteiger partial charge on any atom is 0.309 e. The molecule has 2 rings (SSSR count). The van der Waals surface area contributed by atoms with Crippen LogP contribution in [0.4, 0.5) is 5.13 Å². The molecule has 1 aromatic carbocycles. The summed E-state index contributed by atoms with van der Waals surface area (Å²) in [5, 5.41) is 13.6. The number of carboxylic acids is 1. The summed E-state index contributed by atoms with van der Waals surface area (Å²) in [4.78, 5) is 27.0. The molecule has 0 aliphatic rings. The highest BCUT2D eigenvalue weighted by Gasteiger charge is 2.19. The number of aromatic nitrogens is 1. The second kappa shape index (κ2) is 6.99. The quantitative estimate of drug-likeness (QED) is 0.860. The lowest BCUT2D eigenvalue weighted by Gasteiger charge is -2.14. The van der Waals surface area contributed by atoms with Gasteiger partial charge in [0, 0.05) is 5.38 Å². The zero-order chi connectivity index (χ0) is 15.2.